The van der Waals surface area contributed by atoms with Gasteiger partial charge in [0.1, 0.15) is 18.1 Å². The first-order valence-corrected chi connectivity index (χ1v) is 9.53. The van der Waals surface area contributed by atoms with Crippen LogP contribution in [0.1, 0.15) is 35.7 Å². The highest BCUT2D eigenvalue weighted by Crippen LogP contribution is 2.29. The lowest BCUT2D eigenvalue weighted by Gasteiger charge is -2.28. The van der Waals surface area contributed by atoms with E-state index in [2.05, 4.69) is 20.2 Å². The molecule has 3 rings (SSSR count). The Hall–Kier alpha value is -3.57. The number of hydrogen-bond donors (Lipinski definition) is 0. The van der Waals surface area contributed by atoms with E-state index in [1.165, 1.54) is 4.90 Å². The molecule has 3 aromatic rings. The molecule has 8 nitrogen and oxygen atoms in total. The van der Waals surface area contributed by atoms with Crippen LogP contribution in [-0.4, -0.2) is 50.2 Å². The summed E-state index contributed by atoms with van der Waals surface area (Å²) in [4.78, 5) is 22.1. The average Bonchev–Trinajstić information content (AvgIpc) is 3.18. The Kier molecular flexibility index (Phi) is 6.70. The Balaban J connectivity index is 1.76. The molecule has 0 aliphatic carbocycles. The van der Waals surface area contributed by atoms with Crippen molar-refractivity contribution in [3.8, 4) is 17.5 Å². The molecule has 3 heterocycles. The van der Waals surface area contributed by atoms with Gasteiger partial charge in [0.15, 0.2) is 0 Å². The maximum atomic E-state index is 13.9. The molecular weight excluding hydrogens is 434 g/mol. The van der Waals surface area contributed by atoms with Gasteiger partial charge in [0.05, 0.1) is 23.4 Å². The van der Waals surface area contributed by atoms with Crippen LogP contribution in [0.3, 0.4) is 0 Å². The van der Waals surface area contributed by atoms with E-state index in [-0.39, 0.29) is 42.1 Å². The maximum Gasteiger partial charge on any atom is 0.417 e. The Morgan fingerprint density at radius 3 is 2.53 bits per heavy atom. The lowest BCUT2D eigenvalue weighted by atomic mass is 10.1. The number of carbonyl (C=O) groups excluding carboxylic acids is 1. The Labute approximate surface area is 180 Å². The normalized spacial score (nSPS) is 12.5. The van der Waals surface area contributed by atoms with Crippen molar-refractivity contribution < 1.29 is 31.5 Å². The molecule has 0 saturated heterocycles. The molecule has 12 heteroatoms. The summed E-state index contributed by atoms with van der Waals surface area (Å²) in [5.74, 6) is -1.07. The van der Waals surface area contributed by atoms with Crippen molar-refractivity contribution in [2.24, 2.45) is 0 Å². The summed E-state index contributed by atoms with van der Waals surface area (Å²) in [6.45, 7) is 5.13. The van der Waals surface area contributed by atoms with Gasteiger partial charge in [-0.2, -0.15) is 13.2 Å². The van der Waals surface area contributed by atoms with Crippen molar-refractivity contribution in [3.63, 3.8) is 0 Å². The standard InChI is InChI=1S/C20H19F4N5O3/c1-4-29(11(2)10-31-16-6-5-13(8-25-16)20(22,23)24)19(30)15-7-14(21)9-26-17(15)18-28-27-12(3)32-18/h5-9,11H,4,10H2,1-3H3/t11-/m0/s1. The number of alkyl halides is 3. The lowest BCUT2D eigenvalue weighted by molar-refractivity contribution is -0.137. The van der Waals surface area contributed by atoms with Gasteiger partial charge >= 0.3 is 6.18 Å². The van der Waals surface area contributed by atoms with Crippen LogP contribution >= 0.6 is 0 Å². The van der Waals surface area contributed by atoms with Crippen molar-refractivity contribution >= 4 is 5.91 Å². The largest absolute Gasteiger partial charge is 0.475 e. The molecule has 0 aliphatic heterocycles. The third-order valence-electron chi connectivity index (χ3n) is 4.48. The topological polar surface area (TPSA) is 94.2 Å². The molecule has 0 saturated carbocycles. The predicted molar refractivity (Wildman–Crippen MR) is 103 cm³/mol. The van der Waals surface area contributed by atoms with E-state index in [1.807, 2.05) is 0 Å². The van der Waals surface area contributed by atoms with Gasteiger partial charge in [-0.25, -0.2) is 14.4 Å². The monoisotopic (exact) mass is 453 g/mol. The molecular formula is C20H19F4N5O3. The number of halogens is 4. The quantitative estimate of drug-likeness (QED) is 0.501. The maximum absolute atomic E-state index is 13.9. The van der Waals surface area contributed by atoms with E-state index in [4.69, 9.17) is 9.15 Å². The number of carbonyl (C=O) groups is 1. The van der Waals surface area contributed by atoms with E-state index in [0.717, 1.165) is 24.4 Å². The first kappa shape index (κ1) is 23.1. The van der Waals surface area contributed by atoms with Gasteiger partial charge in [-0.15, -0.1) is 10.2 Å². The molecule has 0 spiro atoms. The molecule has 1 atom stereocenters. The van der Waals surface area contributed by atoms with E-state index in [0.29, 0.717) is 6.20 Å². The van der Waals surface area contributed by atoms with Crippen LogP contribution in [-0.2, 0) is 6.18 Å². The highest BCUT2D eigenvalue weighted by Gasteiger charge is 2.31. The van der Waals surface area contributed by atoms with E-state index in [9.17, 15) is 22.4 Å². The van der Waals surface area contributed by atoms with Crippen molar-refractivity contribution in [2.45, 2.75) is 33.0 Å². The molecule has 3 aromatic heterocycles. The van der Waals surface area contributed by atoms with Crippen LogP contribution in [0.15, 0.2) is 35.0 Å². The number of aromatic nitrogens is 4. The van der Waals surface area contributed by atoms with Crippen LogP contribution < -0.4 is 4.74 Å². The summed E-state index contributed by atoms with van der Waals surface area (Å²) in [6.07, 6.45) is -2.90. The van der Waals surface area contributed by atoms with Crippen LogP contribution in [0.25, 0.3) is 11.6 Å². The second-order valence-corrected chi connectivity index (χ2v) is 6.81. The molecule has 170 valence electrons. The van der Waals surface area contributed by atoms with Gasteiger partial charge in [0.25, 0.3) is 11.8 Å². The van der Waals surface area contributed by atoms with Gasteiger partial charge in [-0.1, -0.05) is 0 Å². The van der Waals surface area contributed by atoms with Gasteiger partial charge < -0.3 is 14.1 Å². The molecule has 0 unspecified atom stereocenters. The first-order chi connectivity index (χ1) is 15.1. The summed E-state index contributed by atoms with van der Waals surface area (Å²) in [6, 6.07) is 2.45. The van der Waals surface area contributed by atoms with E-state index < -0.39 is 29.5 Å². The Bertz CT molecular complexity index is 1090. The predicted octanol–water partition coefficient (Wildman–Crippen LogP) is 3.92. The van der Waals surface area contributed by atoms with Gasteiger partial charge in [-0.3, -0.25) is 4.79 Å². The molecule has 0 N–H and O–H groups in total. The van der Waals surface area contributed by atoms with Crippen LogP contribution in [0, 0.1) is 12.7 Å². The summed E-state index contributed by atoms with van der Waals surface area (Å²) >= 11 is 0. The fourth-order valence-electron chi connectivity index (χ4n) is 2.90. The highest BCUT2D eigenvalue weighted by molar-refractivity contribution is 5.99. The van der Waals surface area contributed by atoms with Crippen LogP contribution in [0.2, 0.25) is 0 Å². The number of hydrogen-bond acceptors (Lipinski definition) is 7. The second-order valence-electron chi connectivity index (χ2n) is 6.81. The summed E-state index contributed by atoms with van der Waals surface area (Å²) < 4.78 is 62.6. The van der Waals surface area contributed by atoms with E-state index in [1.54, 1.807) is 20.8 Å². The highest BCUT2D eigenvalue weighted by atomic mass is 19.4. The third-order valence-corrected chi connectivity index (χ3v) is 4.48. The molecule has 32 heavy (non-hydrogen) atoms. The first-order valence-electron chi connectivity index (χ1n) is 9.53. The van der Waals surface area contributed by atoms with Crippen molar-refractivity contribution in [1.82, 2.24) is 25.1 Å². The Morgan fingerprint density at radius 1 is 1.22 bits per heavy atom. The van der Waals surface area contributed by atoms with Crippen LogP contribution in [0.4, 0.5) is 17.6 Å². The zero-order valence-electron chi connectivity index (χ0n) is 17.4. The number of aryl methyl sites for hydroxylation is 1. The Morgan fingerprint density at radius 2 is 1.97 bits per heavy atom. The number of nitrogens with zero attached hydrogens (tertiary/aromatic N) is 5. The minimum atomic E-state index is -4.50. The van der Waals surface area contributed by atoms with Crippen molar-refractivity contribution in [3.05, 3.63) is 53.4 Å². The molecule has 0 aromatic carbocycles. The average molecular weight is 453 g/mol. The lowest BCUT2D eigenvalue weighted by Crippen LogP contribution is -2.42. The summed E-state index contributed by atoms with van der Waals surface area (Å²) in [5.41, 5.74) is -0.936. The van der Waals surface area contributed by atoms with Crippen molar-refractivity contribution in [2.75, 3.05) is 13.2 Å². The number of pyridine rings is 2. The van der Waals surface area contributed by atoms with E-state index >= 15 is 0 Å². The van der Waals surface area contributed by atoms with Gasteiger partial charge in [0.2, 0.25) is 11.8 Å². The number of likely N-dealkylation sites (N-methyl/N-ethyl adjacent to an activating group) is 1. The third kappa shape index (κ3) is 5.18. The SMILES string of the molecule is CCN(C(=O)c1cc(F)cnc1-c1nnc(C)o1)[C@@H](C)COc1ccc(C(F)(F)F)cn1. The van der Waals surface area contributed by atoms with Gasteiger partial charge in [0, 0.05) is 25.7 Å². The number of rotatable bonds is 7. The summed E-state index contributed by atoms with van der Waals surface area (Å²) in [7, 11) is 0. The minimum absolute atomic E-state index is 0.0252. The number of ether oxygens (including phenoxy) is 1. The van der Waals surface area contributed by atoms with Gasteiger partial charge in [-0.05, 0) is 26.0 Å². The molecule has 0 bridgehead atoms. The minimum Gasteiger partial charge on any atom is -0.475 e. The fourth-order valence-corrected chi connectivity index (χ4v) is 2.90. The molecule has 0 aliphatic rings. The zero-order valence-corrected chi connectivity index (χ0v) is 17.4. The summed E-state index contributed by atoms with van der Waals surface area (Å²) in [5, 5.41) is 7.53. The fraction of sp³-hybridized carbons (Fsp3) is 0.350. The number of amides is 1. The second kappa shape index (κ2) is 9.28. The smallest absolute Gasteiger partial charge is 0.417 e. The molecule has 1 amide bonds. The molecule has 0 radical (unpaired) electrons. The zero-order chi connectivity index (χ0) is 23.5. The molecule has 0 fully saturated rings. The van der Waals surface area contributed by atoms with Crippen molar-refractivity contribution in [1.29, 1.82) is 0 Å². The van der Waals surface area contributed by atoms with Crippen LogP contribution in [0.5, 0.6) is 5.88 Å².